The molecule has 15 heavy (non-hydrogen) atoms. The molecule has 0 unspecified atom stereocenters. The van der Waals surface area contributed by atoms with Crippen LogP contribution in [-0.2, 0) is 11.2 Å². The molecule has 1 aliphatic rings. The zero-order chi connectivity index (χ0) is 10.8. The van der Waals surface area contributed by atoms with Crippen molar-refractivity contribution in [2.45, 2.75) is 32.3 Å². The molecular formula is C10H15ClN2O2. The largest absolute Gasteiger partial charge is 0.380 e. The van der Waals surface area contributed by atoms with Crippen LogP contribution in [0.5, 0.6) is 0 Å². The zero-order valence-electron chi connectivity index (χ0n) is 8.70. The predicted molar refractivity (Wildman–Crippen MR) is 57.8 cm³/mol. The lowest BCUT2D eigenvalue weighted by atomic mass is 9.79. The number of nitrogen functional groups attached to an aromatic ring is 1. The smallest absolute Gasteiger partial charge is 0.185 e. The molecule has 1 heterocycles. The number of halogens is 1. The Balaban J connectivity index is 1.82. The molecule has 1 aromatic heterocycles. The maximum atomic E-state index is 5.92. The van der Waals surface area contributed by atoms with Crippen LogP contribution in [0.15, 0.2) is 4.52 Å². The molecule has 1 fully saturated rings. The van der Waals surface area contributed by atoms with Crippen molar-refractivity contribution in [1.82, 2.24) is 5.16 Å². The van der Waals surface area contributed by atoms with E-state index in [2.05, 4.69) is 5.16 Å². The second-order valence-corrected chi connectivity index (χ2v) is 4.30. The van der Waals surface area contributed by atoms with Crippen molar-refractivity contribution in [3.05, 3.63) is 10.8 Å². The highest BCUT2D eigenvalue weighted by atomic mass is 35.5. The Morgan fingerprint density at radius 2 is 2.33 bits per heavy atom. The summed E-state index contributed by atoms with van der Waals surface area (Å²) >= 11 is 5.92. The average molecular weight is 231 g/mol. The molecule has 0 radical (unpaired) electrons. The van der Waals surface area contributed by atoms with Crippen molar-refractivity contribution in [2.24, 2.45) is 5.92 Å². The Labute approximate surface area is 93.7 Å². The van der Waals surface area contributed by atoms with E-state index in [0.29, 0.717) is 22.8 Å². The van der Waals surface area contributed by atoms with Crippen molar-refractivity contribution >= 4 is 17.4 Å². The quantitative estimate of drug-likeness (QED) is 0.862. The minimum atomic E-state index is 0.285. The van der Waals surface area contributed by atoms with Gasteiger partial charge in [0.25, 0.3) is 0 Å². The molecule has 0 bridgehead atoms. The molecule has 4 nitrogen and oxygen atoms in total. The number of hydrogen-bond acceptors (Lipinski definition) is 4. The van der Waals surface area contributed by atoms with Gasteiger partial charge in [-0.3, -0.25) is 0 Å². The highest BCUT2D eigenvalue weighted by molar-refractivity contribution is 6.33. The normalized spacial score (nSPS) is 25.2. The van der Waals surface area contributed by atoms with Gasteiger partial charge in [0.1, 0.15) is 5.02 Å². The standard InChI is InChI=1S/C10H15ClN2O2/c1-2-14-7-3-6(4-7)5-8-9(11)10(12)13-15-8/h6-7H,2-5H2,1H3,(H2,12,13). The number of anilines is 1. The number of ether oxygens (including phenoxy) is 1. The Kier molecular flexibility index (Phi) is 3.17. The molecule has 1 saturated carbocycles. The summed E-state index contributed by atoms with van der Waals surface area (Å²) in [5, 5.41) is 4.09. The van der Waals surface area contributed by atoms with Crippen molar-refractivity contribution in [3.8, 4) is 0 Å². The fourth-order valence-corrected chi connectivity index (χ4v) is 2.08. The number of rotatable bonds is 4. The van der Waals surface area contributed by atoms with E-state index in [1.165, 1.54) is 0 Å². The molecular weight excluding hydrogens is 216 g/mol. The van der Waals surface area contributed by atoms with Gasteiger partial charge in [0, 0.05) is 13.0 Å². The van der Waals surface area contributed by atoms with Crippen LogP contribution in [0.2, 0.25) is 5.02 Å². The summed E-state index contributed by atoms with van der Waals surface area (Å²) in [6, 6.07) is 0. The minimum absolute atomic E-state index is 0.285. The van der Waals surface area contributed by atoms with E-state index in [0.717, 1.165) is 25.9 Å². The van der Waals surface area contributed by atoms with Crippen LogP contribution in [0.1, 0.15) is 25.5 Å². The van der Waals surface area contributed by atoms with Crippen LogP contribution in [-0.4, -0.2) is 17.9 Å². The van der Waals surface area contributed by atoms with Crippen LogP contribution in [0.25, 0.3) is 0 Å². The van der Waals surface area contributed by atoms with E-state index in [-0.39, 0.29) is 5.82 Å². The Hall–Kier alpha value is -0.740. The second kappa shape index (κ2) is 4.41. The summed E-state index contributed by atoms with van der Waals surface area (Å²) in [5.74, 6) is 1.58. The number of nitrogens with zero attached hydrogens (tertiary/aromatic N) is 1. The van der Waals surface area contributed by atoms with Crippen molar-refractivity contribution in [3.63, 3.8) is 0 Å². The van der Waals surface area contributed by atoms with Gasteiger partial charge in [-0.2, -0.15) is 0 Å². The number of nitrogens with two attached hydrogens (primary N) is 1. The van der Waals surface area contributed by atoms with Crippen LogP contribution >= 0.6 is 11.6 Å². The van der Waals surface area contributed by atoms with Gasteiger partial charge in [0.15, 0.2) is 11.6 Å². The highest BCUT2D eigenvalue weighted by Gasteiger charge is 2.31. The fourth-order valence-electron chi connectivity index (χ4n) is 1.93. The van der Waals surface area contributed by atoms with E-state index in [1.807, 2.05) is 6.92 Å². The Morgan fingerprint density at radius 3 is 2.87 bits per heavy atom. The number of hydrogen-bond donors (Lipinski definition) is 1. The molecule has 1 aliphatic carbocycles. The van der Waals surface area contributed by atoms with E-state index >= 15 is 0 Å². The molecule has 0 amide bonds. The van der Waals surface area contributed by atoms with Gasteiger partial charge in [-0.15, -0.1) is 0 Å². The first kappa shape index (κ1) is 10.8. The summed E-state index contributed by atoms with van der Waals surface area (Å²) < 4.78 is 10.5. The topological polar surface area (TPSA) is 61.3 Å². The Bertz CT molecular complexity index is 334. The van der Waals surface area contributed by atoms with Gasteiger partial charge in [0.2, 0.25) is 0 Å². The van der Waals surface area contributed by atoms with Crippen molar-refractivity contribution in [1.29, 1.82) is 0 Å². The van der Waals surface area contributed by atoms with E-state index < -0.39 is 0 Å². The average Bonchev–Trinajstić information content (AvgIpc) is 2.46. The van der Waals surface area contributed by atoms with E-state index in [1.54, 1.807) is 0 Å². The molecule has 5 heteroatoms. The van der Waals surface area contributed by atoms with E-state index in [9.17, 15) is 0 Å². The van der Waals surface area contributed by atoms with Gasteiger partial charge in [-0.05, 0) is 25.7 Å². The molecule has 2 N–H and O–H groups in total. The van der Waals surface area contributed by atoms with Crippen LogP contribution < -0.4 is 5.73 Å². The zero-order valence-corrected chi connectivity index (χ0v) is 9.46. The SMILES string of the molecule is CCOC1CC(Cc2onc(N)c2Cl)C1. The summed E-state index contributed by atoms with van der Waals surface area (Å²) in [4.78, 5) is 0. The molecule has 1 aromatic rings. The fraction of sp³-hybridized carbons (Fsp3) is 0.700. The van der Waals surface area contributed by atoms with Crippen molar-refractivity contribution < 1.29 is 9.26 Å². The molecule has 2 rings (SSSR count). The third kappa shape index (κ3) is 2.26. The first-order valence-electron chi connectivity index (χ1n) is 5.21. The third-order valence-electron chi connectivity index (χ3n) is 2.79. The molecule has 0 aliphatic heterocycles. The summed E-state index contributed by atoms with van der Waals surface area (Å²) in [5.41, 5.74) is 5.49. The van der Waals surface area contributed by atoms with Gasteiger partial charge >= 0.3 is 0 Å². The lowest BCUT2D eigenvalue weighted by Crippen LogP contribution is -2.32. The molecule has 0 aromatic carbocycles. The molecule has 0 spiro atoms. The predicted octanol–water partition coefficient (Wildman–Crippen LogP) is 2.27. The second-order valence-electron chi connectivity index (χ2n) is 3.92. The summed E-state index contributed by atoms with van der Waals surface area (Å²) in [6.45, 7) is 2.80. The molecule has 0 atom stereocenters. The third-order valence-corrected chi connectivity index (χ3v) is 3.20. The van der Waals surface area contributed by atoms with Crippen LogP contribution in [0, 0.1) is 5.92 Å². The maximum Gasteiger partial charge on any atom is 0.185 e. The molecule has 0 saturated heterocycles. The van der Waals surface area contributed by atoms with Crippen LogP contribution in [0.3, 0.4) is 0 Å². The maximum absolute atomic E-state index is 5.92. The lowest BCUT2D eigenvalue weighted by Gasteiger charge is -2.34. The first-order valence-corrected chi connectivity index (χ1v) is 5.59. The molecule has 84 valence electrons. The van der Waals surface area contributed by atoms with Gasteiger partial charge in [-0.1, -0.05) is 16.8 Å². The van der Waals surface area contributed by atoms with Gasteiger partial charge in [-0.25, -0.2) is 0 Å². The van der Waals surface area contributed by atoms with Crippen LogP contribution in [0.4, 0.5) is 5.82 Å². The van der Waals surface area contributed by atoms with Gasteiger partial charge in [0.05, 0.1) is 6.10 Å². The summed E-state index contributed by atoms with van der Waals surface area (Å²) in [6.07, 6.45) is 3.38. The number of aromatic nitrogens is 1. The Morgan fingerprint density at radius 1 is 1.60 bits per heavy atom. The first-order chi connectivity index (χ1) is 7.20. The van der Waals surface area contributed by atoms with E-state index in [4.69, 9.17) is 26.6 Å². The minimum Gasteiger partial charge on any atom is -0.380 e. The van der Waals surface area contributed by atoms with Crippen molar-refractivity contribution in [2.75, 3.05) is 12.3 Å². The summed E-state index contributed by atoms with van der Waals surface area (Å²) in [7, 11) is 0. The lowest BCUT2D eigenvalue weighted by molar-refractivity contribution is -0.0254. The monoisotopic (exact) mass is 230 g/mol. The van der Waals surface area contributed by atoms with Gasteiger partial charge < -0.3 is 15.0 Å². The highest BCUT2D eigenvalue weighted by Crippen LogP contribution is 2.35.